The number of aryl methyl sites for hydroxylation is 1. The van der Waals surface area contributed by atoms with Crippen molar-refractivity contribution in [1.29, 1.82) is 0 Å². The van der Waals surface area contributed by atoms with E-state index in [0.717, 1.165) is 25.2 Å². The smallest absolute Gasteiger partial charge is 0.316 e. The minimum atomic E-state index is -0.538. The molecule has 1 unspecified atom stereocenters. The molecule has 1 amide bonds. The third-order valence-electron chi connectivity index (χ3n) is 3.95. The molecule has 7 heteroatoms. The molecule has 0 spiro atoms. The van der Waals surface area contributed by atoms with E-state index in [-0.39, 0.29) is 18.0 Å². The van der Waals surface area contributed by atoms with Crippen LogP contribution in [-0.2, 0) is 0 Å². The van der Waals surface area contributed by atoms with Gasteiger partial charge in [0, 0.05) is 12.1 Å². The summed E-state index contributed by atoms with van der Waals surface area (Å²) in [4.78, 5) is 21.7. The van der Waals surface area contributed by atoms with E-state index < -0.39 is 11.6 Å². The zero-order valence-electron chi connectivity index (χ0n) is 13.2. The number of benzene rings is 1. The summed E-state index contributed by atoms with van der Waals surface area (Å²) in [6.07, 6.45) is 3.29. The fourth-order valence-electron chi connectivity index (χ4n) is 2.64. The highest BCUT2D eigenvalue weighted by atomic mass is 19.1. The summed E-state index contributed by atoms with van der Waals surface area (Å²) in [6.45, 7) is 2.59. The lowest BCUT2D eigenvalue weighted by Gasteiger charge is -2.32. The van der Waals surface area contributed by atoms with Gasteiger partial charge < -0.3 is 9.64 Å². The summed E-state index contributed by atoms with van der Waals surface area (Å²) in [5.41, 5.74) is 0.816. The number of hydrogen-bond acceptors (Lipinski definition) is 4. The van der Waals surface area contributed by atoms with Gasteiger partial charge in [0.25, 0.3) is 5.91 Å². The average Bonchev–Trinajstić information content (AvgIpc) is 2.59. The van der Waals surface area contributed by atoms with E-state index in [2.05, 4.69) is 9.97 Å². The van der Waals surface area contributed by atoms with Gasteiger partial charge in [-0.25, -0.2) is 18.7 Å². The zero-order chi connectivity index (χ0) is 17.1. The summed E-state index contributed by atoms with van der Waals surface area (Å²) in [5.74, 6) is -1.17. The minimum absolute atomic E-state index is 0.0806. The average molecular weight is 333 g/mol. The first-order chi connectivity index (χ1) is 11.5. The monoisotopic (exact) mass is 333 g/mol. The molecule has 5 nitrogen and oxygen atoms in total. The van der Waals surface area contributed by atoms with Gasteiger partial charge in [-0.15, -0.1) is 0 Å². The Morgan fingerprint density at radius 2 is 2.04 bits per heavy atom. The molecule has 3 rings (SSSR count). The molecule has 24 heavy (non-hydrogen) atoms. The fourth-order valence-corrected chi connectivity index (χ4v) is 2.64. The van der Waals surface area contributed by atoms with Crippen LogP contribution in [0.1, 0.15) is 28.8 Å². The van der Waals surface area contributed by atoms with Gasteiger partial charge in [0.1, 0.15) is 11.9 Å². The summed E-state index contributed by atoms with van der Waals surface area (Å²) in [7, 11) is 0. The highest BCUT2D eigenvalue weighted by Gasteiger charge is 2.26. The van der Waals surface area contributed by atoms with E-state index >= 15 is 0 Å². The van der Waals surface area contributed by atoms with Crippen LogP contribution in [-0.4, -0.2) is 40.0 Å². The molecule has 1 saturated heterocycles. The molecule has 0 N–H and O–H groups in total. The van der Waals surface area contributed by atoms with Crippen molar-refractivity contribution >= 4 is 5.91 Å². The topological polar surface area (TPSA) is 55.3 Å². The van der Waals surface area contributed by atoms with Gasteiger partial charge in [0.2, 0.25) is 0 Å². The van der Waals surface area contributed by atoms with Gasteiger partial charge in [0.05, 0.1) is 18.9 Å². The van der Waals surface area contributed by atoms with Gasteiger partial charge in [-0.3, -0.25) is 4.79 Å². The van der Waals surface area contributed by atoms with E-state index in [0.29, 0.717) is 24.2 Å². The van der Waals surface area contributed by atoms with Crippen LogP contribution in [0.4, 0.5) is 8.78 Å². The highest BCUT2D eigenvalue weighted by molar-refractivity contribution is 5.94. The standard InChI is InChI=1S/C17H17F2N3O2/c1-11-4-5-12(7-15(11)19)16(23)22-6-2-3-14(10-22)24-17-20-8-13(18)9-21-17/h4-5,7-9,14H,2-3,6,10H2,1H3. The maximum Gasteiger partial charge on any atom is 0.316 e. The predicted molar refractivity (Wildman–Crippen MR) is 82.7 cm³/mol. The lowest BCUT2D eigenvalue weighted by Crippen LogP contribution is -2.44. The molecule has 126 valence electrons. The third-order valence-corrected chi connectivity index (χ3v) is 3.95. The van der Waals surface area contributed by atoms with Gasteiger partial charge in [-0.2, -0.15) is 0 Å². The number of carbonyl (C=O) groups excluding carboxylic acids is 1. The molecule has 0 radical (unpaired) electrons. The number of aromatic nitrogens is 2. The normalized spacial score (nSPS) is 17.6. The Hall–Kier alpha value is -2.57. The van der Waals surface area contributed by atoms with E-state index in [9.17, 15) is 13.6 Å². The second kappa shape index (κ2) is 6.90. The first kappa shape index (κ1) is 16.3. The lowest BCUT2D eigenvalue weighted by molar-refractivity contribution is 0.0515. The van der Waals surface area contributed by atoms with Crippen molar-refractivity contribution in [2.75, 3.05) is 13.1 Å². The minimum Gasteiger partial charge on any atom is -0.458 e. The maximum absolute atomic E-state index is 13.7. The van der Waals surface area contributed by atoms with Gasteiger partial charge >= 0.3 is 6.01 Å². The van der Waals surface area contributed by atoms with Crippen molar-refractivity contribution in [3.05, 3.63) is 53.4 Å². The van der Waals surface area contributed by atoms with Crippen LogP contribution < -0.4 is 4.74 Å². The molecule has 2 heterocycles. The highest BCUT2D eigenvalue weighted by Crippen LogP contribution is 2.18. The maximum atomic E-state index is 13.7. The third kappa shape index (κ3) is 3.67. The lowest BCUT2D eigenvalue weighted by atomic mass is 10.1. The molecular weight excluding hydrogens is 316 g/mol. The van der Waals surface area contributed by atoms with Gasteiger partial charge in [0.15, 0.2) is 5.82 Å². The quantitative estimate of drug-likeness (QED) is 0.867. The second-order valence-electron chi connectivity index (χ2n) is 5.78. The number of halogens is 2. The van der Waals surface area contributed by atoms with Crippen molar-refractivity contribution in [2.24, 2.45) is 0 Å². The Morgan fingerprint density at radius 1 is 1.29 bits per heavy atom. The van der Waals surface area contributed by atoms with Crippen LogP contribution in [0.3, 0.4) is 0 Å². The molecule has 0 aliphatic carbocycles. The second-order valence-corrected chi connectivity index (χ2v) is 5.78. The number of piperidine rings is 1. The van der Waals surface area contributed by atoms with Crippen LogP contribution in [0.25, 0.3) is 0 Å². The zero-order valence-corrected chi connectivity index (χ0v) is 13.2. The fraction of sp³-hybridized carbons (Fsp3) is 0.353. The van der Waals surface area contributed by atoms with Crippen LogP contribution in [0.15, 0.2) is 30.6 Å². The SMILES string of the molecule is Cc1ccc(C(=O)N2CCCC(Oc3ncc(F)cn3)C2)cc1F. The van der Waals surface area contributed by atoms with Crippen LogP contribution in [0.2, 0.25) is 0 Å². The molecule has 1 aromatic carbocycles. The first-order valence-electron chi connectivity index (χ1n) is 7.72. The van der Waals surface area contributed by atoms with E-state index in [4.69, 9.17) is 4.74 Å². The Balaban J connectivity index is 1.67. The molecule has 1 aliphatic rings. The number of likely N-dealkylation sites (tertiary alicyclic amines) is 1. The molecule has 0 bridgehead atoms. The summed E-state index contributed by atoms with van der Waals surface area (Å²) in [6, 6.07) is 4.55. The van der Waals surface area contributed by atoms with Crippen molar-refractivity contribution in [3.8, 4) is 6.01 Å². The summed E-state index contributed by atoms with van der Waals surface area (Å²) < 4.78 is 32.1. The van der Waals surface area contributed by atoms with Crippen LogP contribution in [0, 0.1) is 18.6 Å². The Morgan fingerprint density at radius 3 is 2.75 bits per heavy atom. The number of rotatable bonds is 3. The van der Waals surface area contributed by atoms with Crippen LogP contribution >= 0.6 is 0 Å². The number of hydrogen-bond donors (Lipinski definition) is 0. The molecule has 2 aromatic rings. The summed E-state index contributed by atoms with van der Waals surface area (Å²) in [5, 5.41) is 0. The first-order valence-corrected chi connectivity index (χ1v) is 7.72. The van der Waals surface area contributed by atoms with E-state index in [1.165, 1.54) is 6.07 Å². The van der Waals surface area contributed by atoms with Crippen molar-refractivity contribution in [3.63, 3.8) is 0 Å². The molecule has 1 fully saturated rings. The van der Waals surface area contributed by atoms with Crippen LogP contribution in [0.5, 0.6) is 6.01 Å². The van der Waals surface area contributed by atoms with Crippen molar-refractivity contribution < 1.29 is 18.3 Å². The Bertz CT molecular complexity index is 737. The Labute approximate surface area is 138 Å². The van der Waals surface area contributed by atoms with Gasteiger partial charge in [-0.05, 0) is 37.5 Å². The van der Waals surface area contributed by atoms with Crippen molar-refractivity contribution in [1.82, 2.24) is 14.9 Å². The van der Waals surface area contributed by atoms with Gasteiger partial charge in [-0.1, -0.05) is 6.07 Å². The van der Waals surface area contributed by atoms with E-state index in [1.807, 2.05) is 0 Å². The Kier molecular flexibility index (Phi) is 4.69. The van der Waals surface area contributed by atoms with Crippen molar-refractivity contribution in [2.45, 2.75) is 25.9 Å². The molecule has 1 aromatic heterocycles. The number of ether oxygens (including phenoxy) is 1. The molecule has 1 aliphatic heterocycles. The number of nitrogens with zero attached hydrogens (tertiary/aromatic N) is 3. The number of amides is 1. The molecular formula is C17H17F2N3O2. The molecule has 0 saturated carbocycles. The number of carbonyl (C=O) groups is 1. The summed E-state index contributed by atoms with van der Waals surface area (Å²) >= 11 is 0. The van der Waals surface area contributed by atoms with E-state index in [1.54, 1.807) is 24.0 Å². The molecule has 1 atom stereocenters. The largest absolute Gasteiger partial charge is 0.458 e. The predicted octanol–water partition coefficient (Wildman–Crippen LogP) is 2.75.